The van der Waals surface area contributed by atoms with Crippen LogP contribution in [-0.2, 0) is 14.2 Å². The summed E-state index contributed by atoms with van der Waals surface area (Å²) >= 11 is 0. The van der Waals surface area contributed by atoms with Gasteiger partial charge in [0.05, 0.1) is 19.8 Å². The van der Waals surface area contributed by atoms with Crippen molar-refractivity contribution in [2.45, 2.75) is 12.3 Å². The summed E-state index contributed by atoms with van der Waals surface area (Å²) < 4.78 is 15.6. The maximum atomic E-state index is 5.58. The Balaban J connectivity index is 2.35. The first kappa shape index (κ1) is 17.1. The van der Waals surface area contributed by atoms with Gasteiger partial charge in [0.25, 0.3) is 0 Å². The zero-order valence-electron chi connectivity index (χ0n) is 12.6. The van der Waals surface area contributed by atoms with E-state index in [-0.39, 0.29) is 0 Å². The molecule has 1 unspecified atom stereocenters. The second kappa shape index (κ2) is 11.9. The summed E-state index contributed by atoms with van der Waals surface area (Å²) in [6, 6.07) is 10.6. The van der Waals surface area contributed by atoms with Crippen LogP contribution in [0.1, 0.15) is 17.9 Å². The molecule has 0 heterocycles. The maximum Gasteiger partial charge on any atom is 0.0700 e. The van der Waals surface area contributed by atoms with Crippen molar-refractivity contribution in [3.05, 3.63) is 35.9 Å². The van der Waals surface area contributed by atoms with Crippen molar-refractivity contribution in [2.24, 2.45) is 0 Å². The van der Waals surface area contributed by atoms with E-state index in [1.807, 2.05) is 6.07 Å². The molecule has 0 amide bonds. The van der Waals surface area contributed by atoms with Crippen molar-refractivity contribution in [3.8, 4) is 0 Å². The van der Waals surface area contributed by atoms with Crippen LogP contribution in [-0.4, -0.2) is 53.7 Å². The minimum Gasteiger partial charge on any atom is -0.383 e. The third kappa shape index (κ3) is 7.60. The Labute approximate surface area is 122 Å². The smallest absolute Gasteiger partial charge is 0.0700 e. The summed E-state index contributed by atoms with van der Waals surface area (Å²) in [6.45, 7) is 4.64. The molecule has 114 valence electrons. The predicted octanol–water partition coefficient (Wildman–Crippen LogP) is 2.06. The Morgan fingerprint density at radius 1 is 0.950 bits per heavy atom. The lowest BCUT2D eigenvalue weighted by Crippen LogP contribution is -2.26. The molecule has 20 heavy (non-hydrogen) atoms. The molecule has 1 aromatic rings. The first-order valence-electron chi connectivity index (χ1n) is 7.19. The number of methoxy groups -OCH3 is 2. The standard InChI is InChI=1S/C16H27NO3/c1-18-11-9-17-14-16(8-10-20-13-12-19-2)15-6-4-3-5-7-15/h3-7,16-17H,8-14H2,1-2H3. The molecular weight excluding hydrogens is 254 g/mol. The maximum absolute atomic E-state index is 5.58. The topological polar surface area (TPSA) is 39.7 Å². The van der Waals surface area contributed by atoms with Crippen LogP contribution in [0.2, 0.25) is 0 Å². The fourth-order valence-electron chi connectivity index (χ4n) is 2.03. The normalized spacial score (nSPS) is 12.5. The van der Waals surface area contributed by atoms with Crippen molar-refractivity contribution in [1.82, 2.24) is 5.32 Å². The second-order valence-electron chi connectivity index (χ2n) is 4.70. The third-order valence-electron chi connectivity index (χ3n) is 3.19. The van der Waals surface area contributed by atoms with E-state index in [1.165, 1.54) is 5.56 Å². The zero-order chi connectivity index (χ0) is 14.5. The molecule has 0 aliphatic rings. The Morgan fingerprint density at radius 3 is 2.40 bits per heavy atom. The van der Waals surface area contributed by atoms with E-state index in [0.717, 1.165) is 32.7 Å². The lowest BCUT2D eigenvalue weighted by Gasteiger charge is -2.18. The molecule has 0 aliphatic carbocycles. The van der Waals surface area contributed by atoms with Crippen LogP contribution in [0.3, 0.4) is 0 Å². The van der Waals surface area contributed by atoms with Crippen molar-refractivity contribution in [2.75, 3.05) is 53.7 Å². The number of hydrogen-bond donors (Lipinski definition) is 1. The van der Waals surface area contributed by atoms with E-state index in [1.54, 1.807) is 14.2 Å². The highest BCUT2D eigenvalue weighted by Crippen LogP contribution is 2.18. The largest absolute Gasteiger partial charge is 0.383 e. The number of ether oxygens (including phenoxy) is 3. The van der Waals surface area contributed by atoms with E-state index < -0.39 is 0 Å². The van der Waals surface area contributed by atoms with Gasteiger partial charge in [-0.05, 0) is 17.9 Å². The Morgan fingerprint density at radius 2 is 1.70 bits per heavy atom. The van der Waals surface area contributed by atoms with Crippen LogP contribution in [0.15, 0.2) is 30.3 Å². The molecule has 0 aliphatic heterocycles. The molecule has 4 heteroatoms. The van der Waals surface area contributed by atoms with Gasteiger partial charge in [-0.3, -0.25) is 0 Å². The fourth-order valence-corrected chi connectivity index (χ4v) is 2.03. The van der Waals surface area contributed by atoms with Crippen LogP contribution in [0.5, 0.6) is 0 Å². The molecule has 1 rings (SSSR count). The van der Waals surface area contributed by atoms with Gasteiger partial charge in [0.1, 0.15) is 0 Å². The van der Waals surface area contributed by atoms with Crippen LogP contribution < -0.4 is 5.32 Å². The Bertz CT molecular complexity index is 319. The average Bonchev–Trinajstić information content (AvgIpc) is 2.50. The molecule has 0 fully saturated rings. The average molecular weight is 281 g/mol. The van der Waals surface area contributed by atoms with Gasteiger partial charge in [0.2, 0.25) is 0 Å². The first-order chi connectivity index (χ1) is 9.88. The molecule has 0 bridgehead atoms. The summed E-state index contributed by atoms with van der Waals surface area (Å²) in [7, 11) is 3.41. The highest BCUT2D eigenvalue weighted by atomic mass is 16.5. The molecule has 0 saturated heterocycles. The number of nitrogens with one attached hydrogen (secondary N) is 1. The van der Waals surface area contributed by atoms with Gasteiger partial charge in [-0.15, -0.1) is 0 Å². The molecule has 0 aromatic heterocycles. The summed E-state index contributed by atoms with van der Waals surface area (Å²) in [6.07, 6.45) is 1.01. The second-order valence-corrected chi connectivity index (χ2v) is 4.70. The minimum absolute atomic E-state index is 0.468. The lowest BCUT2D eigenvalue weighted by atomic mass is 9.96. The predicted molar refractivity (Wildman–Crippen MR) is 81.2 cm³/mol. The van der Waals surface area contributed by atoms with Crippen molar-refractivity contribution in [3.63, 3.8) is 0 Å². The number of benzene rings is 1. The van der Waals surface area contributed by atoms with Gasteiger partial charge >= 0.3 is 0 Å². The van der Waals surface area contributed by atoms with Crippen LogP contribution in [0.25, 0.3) is 0 Å². The van der Waals surface area contributed by atoms with Gasteiger partial charge in [-0.2, -0.15) is 0 Å². The third-order valence-corrected chi connectivity index (χ3v) is 3.19. The summed E-state index contributed by atoms with van der Waals surface area (Å²) in [5, 5.41) is 3.43. The van der Waals surface area contributed by atoms with Crippen molar-refractivity contribution < 1.29 is 14.2 Å². The highest BCUT2D eigenvalue weighted by molar-refractivity contribution is 5.19. The number of rotatable bonds is 12. The molecular formula is C16H27NO3. The van der Waals surface area contributed by atoms with Crippen LogP contribution in [0.4, 0.5) is 0 Å². The molecule has 0 radical (unpaired) electrons. The zero-order valence-corrected chi connectivity index (χ0v) is 12.6. The molecule has 4 nitrogen and oxygen atoms in total. The Hall–Kier alpha value is -0.940. The first-order valence-corrected chi connectivity index (χ1v) is 7.19. The molecule has 1 N–H and O–H groups in total. The quantitative estimate of drug-likeness (QED) is 0.595. The monoisotopic (exact) mass is 281 g/mol. The van der Waals surface area contributed by atoms with E-state index in [4.69, 9.17) is 14.2 Å². The van der Waals surface area contributed by atoms with E-state index >= 15 is 0 Å². The molecule has 1 atom stereocenters. The van der Waals surface area contributed by atoms with Crippen molar-refractivity contribution >= 4 is 0 Å². The Kier molecular flexibility index (Phi) is 10.1. The SMILES string of the molecule is COCCNCC(CCOCCOC)c1ccccc1. The highest BCUT2D eigenvalue weighted by Gasteiger charge is 2.10. The summed E-state index contributed by atoms with van der Waals surface area (Å²) in [5.74, 6) is 0.468. The lowest BCUT2D eigenvalue weighted by molar-refractivity contribution is 0.0669. The van der Waals surface area contributed by atoms with Gasteiger partial charge in [-0.25, -0.2) is 0 Å². The number of hydrogen-bond acceptors (Lipinski definition) is 4. The van der Waals surface area contributed by atoms with Gasteiger partial charge in [0, 0.05) is 33.9 Å². The van der Waals surface area contributed by atoms with E-state index in [2.05, 4.69) is 29.6 Å². The molecule has 0 spiro atoms. The molecule has 1 aromatic carbocycles. The van der Waals surface area contributed by atoms with Crippen molar-refractivity contribution in [1.29, 1.82) is 0 Å². The van der Waals surface area contributed by atoms with Gasteiger partial charge < -0.3 is 19.5 Å². The summed E-state index contributed by atoms with van der Waals surface area (Å²) in [5.41, 5.74) is 1.35. The van der Waals surface area contributed by atoms with Crippen LogP contribution >= 0.6 is 0 Å². The fraction of sp³-hybridized carbons (Fsp3) is 0.625. The van der Waals surface area contributed by atoms with E-state index in [0.29, 0.717) is 19.1 Å². The van der Waals surface area contributed by atoms with E-state index in [9.17, 15) is 0 Å². The minimum atomic E-state index is 0.468. The van der Waals surface area contributed by atoms with Gasteiger partial charge in [0.15, 0.2) is 0 Å². The molecule has 0 saturated carbocycles. The van der Waals surface area contributed by atoms with Gasteiger partial charge in [-0.1, -0.05) is 30.3 Å². The van der Waals surface area contributed by atoms with Crippen LogP contribution in [0, 0.1) is 0 Å². The summed E-state index contributed by atoms with van der Waals surface area (Å²) in [4.78, 5) is 0.